The fourth-order valence-electron chi connectivity index (χ4n) is 1.22. The molecule has 0 aliphatic heterocycles. The number of nitrogens with zero attached hydrogens (tertiary/aromatic N) is 4. The van der Waals surface area contributed by atoms with Crippen molar-refractivity contribution in [2.75, 3.05) is 0 Å². The fraction of sp³-hybridized carbons (Fsp3) is 0.250. The zero-order valence-corrected chi connectivity index (χ0v) is 8.77. The van der Waals surface area contributed by atoms with Gasteiger partial charge in [-0.2, -0.15) is 0 Å². The van der Waals surface area contributed by atoms with Crippen LogP contribution >= 0.6 is 11.3 Å². The highest BCUT2D eigenvalue weighted by Gasteiger charge is 2.15. The Hall–Kier alpha value is -1.76. The number of aromatic nitrogens is 3. The van der Waals surface area contributed by atoms with E-state index in [1.807, 2.05) is 12.3 Å². The summed E-state index contributed by atoms with van der Waals surface area (Å²) in [6.07, 6.45) is 2.99. The maximum Gasteiger partial charge on any atom is 0.434 e. The van der Waals surface area contributed by atoms with Gasteiger partial charge in [-0.3, -0.25) is 0 Å². The van der Waals surface area contributed by atoms with E-state index in [2.05, 4.69) is 9.97 Å². The number of nitro groups is 1. The molecule has 0 unspecified atom stereocenters. The van der Waals surface area contributed by atoms with Crippen LogP contribution in [0.25, 0.3) is 0 Å². The summed E-state index contributed by atoms with van der Waals surface area (Å²) >= 11 is 1.49. The van der Waals surface area contributed by atoms with Crippen LogP contribution < -0.4 is 0 Å². The van der Waals surface area contributed by atoms with Gasteiger partial charge in [-0.1, -0.05) is 4.98 Å². The van der Waals surface area contributed by atoms with E-state index >= 15 is 0 Å². The van der Waals surface area contributed by atoms with Gasteiger partial charge in [-0.15, -0.1) is 11.3 Å². The monoisotopic (exact) mass is 224 g/mol. The van der Waals surface area contributed by atoms with Gasteiger partial charge in [0.05, 0.1) is 0 Å². The van der Waals surface area contributed by atoms with Gasteiger partial charge in [-0.05, 0) is 11.8 Å². The van der Waals surface area contributed by atoms with Gasteiger partial charge in [0, 0.05) is 11.1 Å². The van der Waals surface area contributed by atoms with E-state index < -0.39 is 4.92 Å². The van der Waals surface area contributed by atoms with Crippen molar-refractivity contribution in [3.63, 3.8) is 0 Å². The molecule has 0 spiro atoms. The van der Waals surface area contributed by atoms with Crippen LogP contribution in [0.5, 0.6) is 0 Å². The van der Waals surface area contributed by atoms with Crippen LogP contribution in [0.15, 0.2) is 17.8 Å². The van der Waals surface area contributed by atoms with E-state index in [1.54, 1.807) is 6.20 Å². The second-order valence-corrected chi connectivity index (χ2v) is 3.94. The van der Waals surface area contributed by atoms with Gasteiger partial charge in [0.2, 0.25) is 0 Å². The molecule has 0 saturated heterocycles. The summed E-state index contributed by atoms with van der Waals surface area (Å²) in [4.78, 5) is 18.0. The largest absolute Gasteiger partial charge is 0.434 e. The molecule has 0 radical (unpaired) electrons. The quantitative estimate of drug-likeness (QED) is 0.586. The fourth-order valence-corrected chi connectivity index (χ4v) is 1.99. The average Bonchev–Trinajstić information content (AvgIpc) is 2.75. The molecule has 0 saturated carbocycles. The maximum absolute atomic E-state index is 10.6. The van der Waals surface area contributed by atoms with Crippen molar-refractivity contribution in [3.8, 4) is 0 Å². The van der Waals surface area contributed by atoms with E-state index in [4.69, 9.17) is 0 Å². The first-order chi connectivity index (χ1) is 7.16. The molecule has 2 aromatic rings. The molecular weight excluding hydrogens is 216 g/mol. The van der Waals surface area contributed by atoms with E-state index in [-0.39, 0.29) is 5.95 Å². The van der Waals surface area contributed by atoms with Crippen LogP contribution in [0.2, 0.25) is 0 Å². The predicted octanol–water partition coefficient (Wildman–Crippen LogP) is 1.60. The number of aryl methyl sites for hydroxylation is 1. The topological polar surface area (TPSA) is 73.8 Å². The van der Waals surface area contributed by atoms with Crippen LogP contribution in [0.3, 0.4) is 0 Å². The van der Waals surface area contributed by atoms with E-state index in [0.717, 1.165) is 10.7 Å². The SMILES string of the molecule is Cc1csc(Cn2ccnc2[N+](=O)[O-])n1. The first-order valence-corrected chi connectivity index (χ1v) is 5.11. The van der Waals surface area contributed by atoms with Crippen molar-refractivity contribution in [2.24, 2.45) is 0 Å². The molecule has 0 aliphatic carbocycles. The predicted molar refractivity (Wildman–Crippen MR) is 54.8 cm³/mol. The van der Waals surface area contributed by atoms with Crippen LogP contribution in [0, 0.1) is 17.0 Å². The molecule has 6 nitrogen and oxygen atoms in total. The smallest absolute Gasteiger partial charge is 0.390 e. The minimum Gasteiger partial charge on any atom is -0.390 e. The van der Waals surface area contributed by atoms with Crippen LogP contribution in [-0.4, -0.2) is 19.5 Å². The number of thiazole rings is 1. The summed E-state index contributed by atoms with van der Waals surface area (Å²) in [6.45, 7) is 2.29. The summed E-state index contributed by atoms with van der Waals surface area (Å²) in [7, 11) is 0. The Bertz CT molecular complexity index is 490. The Morgan fingerprint density at radius 1 is 1.67 bits per heavy atom. The molecule has 2 aromatic heterocycles. The summed E-state index contributed by atoms with van der Waals surface area (Å²) in [5.74, 6) is -0.150. The molecule has 15 heavy (non-hydrogen) atoms. The van der Waals surface area contributed by atoms with Crippen molar-refractivity contribution >= 4 is 17.3 Å². The van der Waals surface area contributed by atoms with Crippen LogP contribution in [0.4, 0.5) is 5.95 Å². The first-order valence-electron chi connectivity index (χ1n) is 4.23. The standard InChI is InChI=1S/C8H8N4O2S/c1-6-5-15-7(10-6)4-11-3-2-9-8(11)12(13)14/h2-3,5H,4H2,1H3. The van der Waals surface area contributed by atoms with Crippen LogP contribution in [0.1, 0.15) is 10.7 Å². The molecule has 2 rings (SSSR count). The third-order valence-electron chi connectivity index (χ3n) is 1.83. The summed E-state index contributed by atoms with van der Waals surface area (Å²) in [5, 5.41) is 13.3. The first kappa shape index (κ1) is 9.78. The lowest BCUT2D eigenvalue weighted by Gasteiger charge is -1.97. The maximum atomic E-state index is 10.6. The lowest BCUT2D eigenvalue weighted by Crippen LogP contribution is -2.03. The average molecular weight is 224 g/mol. The molecular formula is C8H8N4O2S. The van der Waals surface area contributed by atoms with Gasteiger partial charge in [-0.25, -0.2) is 9.55 Å². The molecule has 7 heteroatoms. The lowest BCUT2D eigenvalue weighted by molar-refractivity contribution is -0.396. The van der Waals surface area contributed by atoms with E-state index in [9.17, 15) is 10.1 Å². The Kier molecular flexibility index (Phi) is 2.46. The van der Waals surface area contributed by atoms with Crippen molar-refractivity contribution in [1.82, 2.24) is 14.5 Å². The Balaban J connectivity index is 2.24. The molecule has 0 aliphatic rings. The van der Waals surface area contributed by atoms with Gasteiger partial charge in [0.1, 0.15) is 23.9 Å². The Labute approximate surface area is 89.4 Å². The molecule has 2 heterocycles. The van der Waals surface area contributed by atoms with Gasteiger partial charge < -0.3 is 10.1 Å². The van der Waals surface area contributed by atoms with Crippen LogP contribution in [-0.2, 0) is 6.54 Å². The van der Waals surface area contributed by atoms with Gasteiger partial charge in [0.25, 0.3) is 0 Å². The summed E-state index contributed by atoms with van der Waals surface area (Å²) in [5.41, 5.74) is 0.928. The zero-order chi connectivity index (χ0) is 10.8. The summed E-state index contributed by atoms with van der Waals surface area (Å²) in [6, 6.07) is 0. The highest BCUT2D eigenvalue weighted by Crippen LogP contribution is 2.14. The zero-order valence-electron chi connectivity index (χ0n) is 7.95. The lowest BCUT2D eigenvalue weighted by atomic mass is 10.5. The van der Waals surface area contributed by atoms with Crippen molar-refractivity contribution < 1.29 is 4.92 Å². The van der Waals surface area contributed by atoms with Crippen molar-refractivity contribution in [1.29, 1.82) is 0 Å². The van der Waals surface area contributed by atoms with Gasteiger partial charge >= 0.3 is 5.95 Å². The van der Waals surface area contributed by atoms with Crippen molar-refractivity contribution in [3.05, 3.63) is 38.6 Å². The highest BCUT2D eigenvalue weighted by molar-refractivity contribution is 7.09. The molecule has 0 amide bonds. The molecule has 78 valence electrons. The normalized spacial score (nSPS) is 10.5. The molecule has 0 fully saturated rings. The third-order valence-corrected chi connectivity index (χ3v) is 2.78. The molecule has 0 bridgehead atoms. The number of imidazole rings is 1. The summed E-state index contributed by atoms with van der Waals surface area (Å²) < 4.78 is 1.47. The van der Waals surface area contributed by atoms with Gasteiger partial charge in [0.15, 0.2) is 0 Å². The molecule has 0 atom stereocenters. The number of hydrogen-bond acceptors (Lipinski definition) is 5. The second-order valence-electron chi connectivity index (χ2n) is 2.99. The number of hydrogen-bond donors (Lipinski definition) is 0. The third kappa shape index (κ3) is 2.01. The molecule has 0 N–H and O–H groups in total. The second kappa shape index (κ2) is 3.77. The molecule has 0 aromatic carbocycles. The Morgan fingerprint density at radius 2 is 2.47 bits per heavy atom. The van der Waals surface area contributed by atoms with E-state index in [0.29, 0.717) is 6.54 Å². The van der Waals surface area contributed by atoms with Crippen molar-refractivity contribution in [2.45, 2.75) is 13.5 Å². The Morgan fingerprint density at radius 3 is 3.07 bits per heavy atom. The minimum absolute atomic E-state index is 0.150. The number of rotatable bonds is 3. The van der Waals surface area contributed by atoms with E-state index in [1.165, 1.54) is 22.1 Å². The highest BCUT2D eigenvalue weighted by atomic mass is 32.1. The minimum atomic E-state index is -0.500.